The molecular formula is C48H54N10O5S. The Labute approximate surface area is 372 Å². The minimum Gasteiger partial charge on any atom is -0.378 e. The molecule has 2 aliphatic heterocycles. The van der Waals surface area contributed by atoms with Crippen LogP contribution >= 0.6 is 0 Å². The summed E-state index contributed by atoms with van der Waals surface area (Å²) >= 11 is 0. The molecule has 3 aliphatic carbocycles. The lowest BCUT2D eigenvalue weighted by molar-refractivity contribution is -0.384. The lowest BCUT2D eigenvalue weighted by Gasteiger charge is -2.56. The molecule has 2 saturated heterocycles. The predicted octanol–water partition coefficient (Wildman–Crippen LogP) is 8.78. The van der Waals surface area contributed by atoms with Gasteiger partial charge in [0.2, 0.25) is 0 Å². The average molecular weight is 883 g/mol. The monoisotopic (exact) mass is 882 g/mol. The number of fused-ring (bicyclic) bond motifs is 2. The van der Waals surface area contributed by atoms with Gasteiger partial charge < -0.3 is 10.2 Å². The highest BCUT2D eigenvalue weighted by Gasteiger charge is 2.50. The van der Waals surface area contributed by atoms with Crippen LogP contribution < -0.4 is 14.9 Å². The van der Waals surface area contributed by atoms with Gasteiger partial charge in [-0.1, -0.05) is 43.5 Å². The number of nitrogens with one attached hydrogen (secondary N) is 3. The zero-order chi connectivity index (χ0) is 43.6. The van der Waals surface area contributed by atoms with Crippen molar-refractivity contribution in [2.45, 2.75) is 106 Å². The minimum absolute atomic E-state index is 0.0841. The normalized spacial score (nSPS) is 20.8. The number of piperidine rings is 1. The molecule has 1 amide bonds. The fourth-order valence-corrected chi connectivity index (χ4v) is 12.3. The summed E-state index contributed by atoms with van der Waals surface area (Å²) in [6.07, 6.45) is 19.8. The summed E-state index contributed by atoms with van der Waals surface area (Å²) in [6.45, 7) is 3.45. The van der Waals surface area contributed by atoms with Crippen molar-refractivity contribution in [2.75, 3.05) is 36.4 Å². The van der Waals surface area contributed by atoms with Crippen LogP contribution in [0.2, 0.25) is 0 Å². The second-order valence-corrected chi connectivity index (χ2v) is 20.7. The third kappa shape index (κ3) is 7.67. The zero-order valence-electron chi connectivity index (χ0n) is 35.9. The van der Waals surface area contributed by atoms with Gasteiger partial charge in [0.05, 0.1) is 34.0 Å². The number of hydrogen-bond donors (Lipinski definition) is 3. The summed E-state index contributed by atoms with van der Waals surface area (Å²) in [5.74, 6) is 0.227. The molecule has 11 rings (SSSR count). The number of pyridine rings is 2. The van der Waals surface area contributed by atoms with Crippen molar-refractivity contribution >= 4 is 55.1 Å². The SMILES string of the molecule is O=C(NS(=O)(=O)c1cc([N+](=O)[O-])c(NCC2CCCCC2)cn1)c1ccc(N2CCC3(CC2)CC(N2CCCC2c2ccccc2C2CC2)C3)cc1-n1[nH]cc2nc3nccc3cc21. The molecule has 3 N–H and O–H groups in total. The van der Waals surface area contributed by atoms with Crippen molar-refractivity contribution in [2.24, 2.45) is 11.3 Å². The van der Waals surface area contributed by atoms with Crippen LogP contribution in [-0.4, -0.2) is 81.1 Å². The molecule has 2 aromatic carbocycles. The summed E-state index contributed by atoms with van der Waals surface area (Å²) in [7, 11) is -4.64. The van der Waals surface area contributed by atoms with Crippen LogP contribution in [0.1, 0.15) is 117 Å². The number of aromatic amines is 1. The van der Waals surface area contributed by atoms with E-state index in [1.54, 1.807) is 34.3 Å². The highest BCUT2D eigenvalue weighted by atomic mass is 32.2. The first-order valence-corrected chi connectivity index (χ1v) is 24.6. The topological polar surface area (TPSA) is 184 Å². The third-order valence-electron chi connectivity index (χ3n) is 15.1. The van der Waals surface area contributed by atoms with Crippen molar-refractivity contribution in [1.82, 2.24) is 34.4 Å². The maximum absolute atomic E-state index is 14.2. The molecule has 0 bridgehead atoms. The van der Waals surface area contributed by atoms with E-state index in [2.05, 4.69) is 59.2 Å². The van der Waals surface area contributed by atoms with Crippen LogP contribution in [0.15, 0.2) is 84.3 Å². The average Bonchev–Trinajstić information content (AvgIpc) is 3.63. The van der Waals surface area contributed by atoms with Crippen LogP contribution in [0.25, 0.3) is 27.8 Å². The van der Waals surface area contributed by atoms with Gasteiger partial charge in [-0.25, -0.2) is 19.7 Å². The zero-order valence-corrected chi connectivity index (χ0v) is 36.7. The quantitative estimate of drug-likeness (QED) is 0.0789. The number of anilines is 2. The number of carbonyl (C=O) groups is 1. The molecule has 6 heterocycles. The molecule has 3 saturated carbocycles. The van der Waals surface area contributed by atoms with Gasteiger partial charge in [0, 0.05) is 55.2 Å². The Morgan fingerprint density at radius 1 is 0.906 bits per heavy atom. The molecule has 1 spiro atoms. The van der Waals surface area contributed by atoms with Gasteiger partial charge in [-0.15, -0.1) is 0 Å². The Morgan fingerprint density at radius 2 is 1.70 bits per heavy atom. The number of amides is 1. The second kappa shape index (κ2) is 16.3. The van der Waals surface area contributed by atoms with Crippen molar-refractivity contribution < 1.29 is 18.1 Å². The van der Waals surface area contributed by atoms with Gasteiger partial charge in [0.25, 0.3) is 21.6 Å². The van der Waals surface area contributed by atoms with Gasteiger partial charge in [-0.3, -0.25) is 29.6 Å². The first-order chi connectivity index (χ1) is 31.1. The standard InChI is InChI=1S/C48H54N10O5S/c59-47(54-64(62,63)45-25-44(58(60)61)39(29-51-45)50-28-31-7-2-1-3-8-31)38-15-14-34(24-42(38)57-43-23-33-16-19-49-46(33)53-40(43)30-52-57)55-21-17-48(18-22-55)26-35(27-48)56-20-6-11-41(56)37-10-5-4-9-36(37)32-12-13-32/h4-5,9-10,14-16,19,23-25,29-32,35,41,50,52H,1-3,6-8,11-13,17-18,20-22,26-28H2,(H,54,59). The predicted molar refractivity (Wildman–Crippen MR) is 245 cm³/mol. The molecule has 15 nitrogen and oxygen atoms in total. The summed E-state index contributed by atoms with van der Waals surface area (Å²) in [6, 6.07) is 20.5. The van der Waals surface area contributed by atoms with Crippen LogP contribution in [0, 0.1) is 21.4 Å². The van der Waals surface area contributed by atoms with Crippen LogP contribution in [0.5, 0.6) is 0 Å². The van der Waals surface area contributed by atoms with Crippen LogP contribution in [0.4, 0.5) is 17.1 Å². The van der Waals surface area contributed by atoms with Gasteiger partial charge >= 0.3 is 0 Å². The summed E-state index contributed by atoms with van der Waals surface area (Å²) in [5, 5.41) is 18.7. The molecule has 0 radical (unpaired) electrons. The number of rotatable bonds is 12. The molecule has 4 aromatic heterocycles. The molecule has 5 aliphatic rings. The lowest BCUT2D eigenvalue weighted by atomic mass is 9.59. The number of sulfonamides is 1. The highest BCUT2D eigenvalue weighted by molar-refractivity contribution is 7.90. The van der Waals surface area contributed by atoms with Gasteiger partial charge in [-0.2, -0.15) is 8.42 Å². The Morgan fingerprint density at radius 3 is 2.48 bits per heavy atom. The van der Waals surface area contributed by atoms with Crippen molar-refractivity contribution in [1.29, 1.82) is 0 Å². The molecule has 5 fully saturated rings. The number of aromatic nitrogens is 5. The number of nitro groups is 1. The molecule has 64 heavy (non-hydrogen) atoms. The van der Waals surface area contributed by atoms with E-state index in [0.29, 0.717) is 52.3 Å². The molecule has 332 valence electrons. The summed E-state index contributed by atoms with van der Waals surface area (Å²) in [5.41, 5.74) is 6.52. The third-order valence-corrected chi connectivity index (χ3v) is 16.3. The first-order valence-electron chi connectivity index (χ1n) is 23.1. The number of nitrogens with zero attached hydrogens (tertiary/aromatic N) is 7. The van der Waals surface area contributed by atoms with Crippen LogP contribution in [-0.2, 0) is 10.0 Å². The summed E-state index contributed by atoms with van der Waals surface area (Å²) in [4.78, 5) is 44.1. The fraction of sp³-hybridized carbons (Fsp3) is 0.458. The van der Waals surface area contributed by atoms with Gasteiger partial charge in [-0.05, 0) is 129 Å². The Bertz CT molecular complexity index is 2870. The largest absolute Gasteiger partial charge is 0.378 e. The number of likely N-dealkylation sites (tertiary alicyclic amines) is 1. The highest BCUT2D eigenvalue weighted by Crippen LogP contribution is 2.55. The Hall–Kier alpha value is -5.87. The van der Waals surface area contributed by atoms with Crippen molar-refractivity contribution in [3.8, 4) is 5.69 Å². The maximum Gasteiger partial charge on any atom is 0.296 e. The fourth-order valence-electron chi connectivity index (χ4n) is 11.4. The minimum atomic E-state index is -4.64. The number of H-pyrrole nitrogens is 1. The van der Waals surface area contributed by atoms with E-state index in [4.69, 9.17) is 4.98 Å². The van der Waals surface area contributed by atoms with Crippen molar-refractivity contribution in [3.63, 3.8) is 0 Å². The summed E-state index contributed by atoms with van der Waals surface area (Å²) < 4.78 is 31.5. The van der Waals surface area contributed by atoms with E-state index in [-0.39, 0.29) is 11.3 Å². The van der Waals surface area contributed by atoms with Crippen molar-refractivity contribution in [3.05, 3.63) is 106 Å². The molecule has 1 atom stereocenters. The number of carbonyl (C=O) groups excluding carboxylic acids is 1. The van der Waals surface area contributed by atoms with E-state index in [9.17, 15) is 23.3 Å². The number of hydrogen-bond acceptors (Lipinski definition) is 11. The second-order valence-electron chi connectivity index (χ2n) is 19.0. The smallest absolute Gasteiger partial charge is 0.296 e. The van der Waals surface area contributed by atoms with E-state index < -0.39 is 31.6 Å². The Balaban J connectivity index is 0.831. The first kappa shape index (κ1) is 40.9. The van der Waals surface area contributed by atoms with Gasteiger partial charge in [0.1, 0.15) is 11.2 Å². The van der Waals surface area contributed by atoms with Gasteiger partial charge in [0.15, 0.2) is 10.7 Å². The molecule has 16 heteroatoms. The van der Waals surface area contributed by atoms with E-state index in [0.717, 1.165) is 80.9 Å². The van der Waals surface area contributed by atoms with E-state index >= 15 is 0 Å². The molecular weight excluding hydrogens is 829 g/mol. The molecule has 6 aromatic rings. The van der Waals surface area contributed by atoms with Crippen LogP contribution in [0.3, 0.4) is 0 Å². The number of benzene rings is 2. The molecule has 1 unspecified atom stereocenters. The maximum atomic E-state index is 14.2. The Kier molecular flexibility index (Phi) is 10.4. The van der Waals surface area contributed by atoms with E-state index in [1.165, 1.54) is 51.5 Å². The lowest BCUT2D eigenvalue weighted by Crippen LogP contribution is -2.55. The van der Waals surface area contributed by atoms with E-state index in [1.807, 2.05) is 24.3 Å².